The first kappa shape index (κ1) is 14.0. The molecule has 104 valence electrons. The van der Waals surface area contributed by atoms with Crippen molar-refractivity contribution < 1.29 is 9.53 Å². The van der Waals surface area contributed by atoms with Crippen LogP contribution in [0.1, 0.15) is 31.2 Å². The molecule has 2 rings (SSSR count). The minimum atomic E-state index is -0.112. The van der Waals surface area contributed by atoms with Crippen LogP contribution < -0.4 is 15.4 Å². The summed E-state index contributed by atoms with van der Waals surface area (Å²) in [7, 11) is 1.58. The molecule has 1 aliphatic carbocycles. The van der Waals surface area contributed by atoms with Crippen molar-refractivity contribution in [1.29, 1.82) is 0 Å². The van der Waals surface area contributed by atoms with E-state index in [4.69, 9.17) is 16.3 Å². The zero-order valence-electron chi connectivity index (χ0n) is 11.0. The van der Waals surface area contributed by atoms with Gasteiger partial charge in [-0.3, -0.25) is 0 Å². The largest absolute Gasteiger partial charge is 0.495 e. The van der Waals surface area contributed by atoms with Crippen LogP contribution in [0.25, 0.3) is 0 Å². The molecule has 1 aromatic rings. The van der Waals surface area contributed by atoms with Gasteiger partial charge in [0.25, 0.3) is 0 Å². The van der Waals surface area contributed by atoms with E-state index in [1.54, 1.807) is 19.2 Å². The van der Waals surface area contributed by atoms with Crippen molar-refractivity contribution in [1.82, 2.24) is 10.6 Å². The second kappa shape index (κ2) is 6.66. The Bertz CT molecular complexity index is 445. The maximum atomic E-state index is 11.7. The fourth-order valence-corrected chi connectivity index (χ4v) is 2.59. The number of amides is 2. The van der Waals surface area contributed by atoms with Crippen LogP contribution in [0.3, 0.4) is 0 Å². The highest BCUT2D eigenvalue weighted by atomic mass is 35.5. The van der Waals surface area contributed by atoms with Gasteiger partial charge in [0.15, 0.2) is 0 Å². The Hall–Kier alpha value is -1.42. The van der Waals surface area contributed by atoms with Crippen LogP contribution >= 0.6 is 11.6 Å². The molecule has 2 N–H and O–H groups in total. The van der Waals surface area contributed by atoms with Crippen molar-refractivity contribution >= 4 is 17.6 Å². The number of hydrogen-bond donors (Lipinski definition) is 2. The summed E-state index contributed by atoms with van der Waals surface area (Å²) in [5.41, 5.74) is 0.951. The Morgan fingerprint density at radius 2 is 2.16 bits per heavy atom. The quantitative estimate of drug-likeness (QED) is 0.892. The molecule has 0 saturated heterocycles. The van der Waals surface area contributed by atoms with Gasteiger partial charge in [-0.15, -0.1) is 0 Å². The number of ether oxygens (including phenoxy) is 1. The maximum Gasteiger partial charge on any atom is 0.315 e. The molecular weight excluding hydrogens is 264 g/mol. The third-order valence-electron chi connectivity index (χ3n) is 3.36. The molecule has 0 radical (unpaired) electrons. The molecule has 0 heterocycles. The number of hydrogen-bond acceptors (Lipinski definition) is 2. The van der Waals surface area contributed by atoms with Crippen LogP contribution in [0.2, 0.25) is 5.02 Å². The van der Waals surface area contributed by atoms with Gasteiger partial charge in [0.05, 0.1) is 12.1 Å². The number of rotatable bonds is 4. The first-order chi connectivity index (χ1) is 9.19. The van der Waals surface area contributed by atoms with Gasteiger partial charge in [-0.2, -0.15) is 0 Å². The van der Waals surface area contributed by atoms with E-state index in [1.807, 2.05) is 6.07 Å². The van der Waals surface area contributed by atoms with Gasteiger partial charge < -0.3 is 15.4 Å². The molecule has 0 aliphatic heterocycles. The van der Waals surface area contributed by atoms with Crippen LogP contribution in [0.4, 0.5) is 4.79 Å². The van der Waals surface area contributed by atoms with Gasteiger partial charge in [0.1, 0.15) is 5.75 Å². The maximum absolute atomic E-state index is 11.7. The van der Waals surface area contributed by atoms with Crippen LogP contribution in [0.5, 0.6) is 5.75 Å². The van der Waals surface area contributed by atoms with E-state index in [9.17, 15) is 4.79 Å². The first-order valence-electron chi connectivity index (χ1n) is 6.56. The Morgan fingerprint density at radius 1 is 1.42 bits per heavy atom. The van der Waals surface area contributed by atoms with Gasteiger partial charge in [-0.25, -0.2) is 4.79 Å². The van der Waals surface area contributed by atoms with Crippen LogP contribution in [-0.2, 0) is 6.54 Å². The predicted octanol–water partition coefficient (Wildman–Crippen LogP) is 3.09. The highest BCUT2D eigenvalue weighted by Crippen LogP contribution is 2.24. The molecule has 19 heavy (non-hydrogen) atoms. The Kier molecular flexibility index (Phi) is 4.91. The van der Waals surface area contributed by atoms with Crippen LogP contribution in [-0.4, -0.2) is 19.2 Å². The number of benzene rings is 1. The highest BCUT2D eigenvalue weighted by molar-refractivity contribution is 6.32. The van der Waals surface area contributed by atoms with Gasteiger partial charge in [0, 0.05) is 12.6 Å². The topological polar surface area (TPSA) is 50.4 Å². The highest BCUT2D eigenvalue weighted by Gasteiger charge is 2.16. The minimum absolute atomic E-state index is 0.112. The molecule has 0 bridgehead atoms. The first-order valence-corrected chi connectivity index (χ1v) is 6.93. The molecular formula is C14H19ClN2O2. The van der Waals surface area contributed by atoms with Crippen LogP contribution in [0, 0.1) is 0 Å². The third kappa shape index (κ3) is 4.03. The lowest BCUT2D eigenvalue weighted by molar-refractivity contribution is 0.236. The summed E-state index contributed by atoms with van der Waals surface area (Å²) in [5, 5.41) is 6.37. The zero-order chi connectivity index (χ0) is 13.7. The van der Waals surface area contributed by atoms with Gasteiger partial charge in [-0.1, -0.05) is 30.5 Å². The smallest absolute Gasteiger partial charge is 0.315 e. The molecule has 0 spiro atoms. The molecule has 4 nitrogen and oxygen atoms in total. The molecule has 2 amide bonds. The van der Waals surface area contributed by atoms with E-state index in [0.29, 0.717) is 23.4 Å². The van der Waals surface area contributed by atoms with Crippen molar-refractivity contribution in [2.45, 2.75) is 38.3 Å². The number of urea groups is 1. The number of nitrogens with one attached hydrogen (secondary N) is 2. The fourth-order valence-electron chi connectivity index (χ4n) is 2.31. The normalized spacial score (nSPS) is 15.3. The Morgan fingerprint density at radius 3 is 2.79 bits per heavy atom. The number of carbonyl (C=O) groups is 1. The molecule has 1 fully saturated rings. The van der Waals surface area contributed by atoms with Gasteiger partial charge in [0.2, 0.25) is 0 Å². The summed E-state index contributed by atoms with van der Waals surface area (Å²) in [4.78, 5) is 11.7. The minimum Gasteiger partial charge on any atom is -0.495 e. The molecule has 1 aromatic carbocycles. The van der Waals surface area contributed by atoms with E-state index < -0.39 is 0 Å². The lowest BCUT2D eigenvalue weighted by Crippen LogP contribution is -2.40. The molecule has 0 aromatic heterocycles. The summed E-state index contributed by atoms with van der Waals surface area (Å²) in [6.07, 6.45) is 4.58. The van der Waals surface area contributed by atoms with Crippen molar-refractivity contribution in [2.24, 2.45) is 0 Å². The van der Waals surface area contributed by atoms with Crippen molar-refractivity contribution in [3.8, 4) is 5.75 Å². The molecule has 5 heteroatoms. The van der Waals surface area contributed by atoms with E-state index in [1.165, 1.54) is 12.8 Å². The van der Waals surface area contributed by atoms with Crippen molar-refractivity contribution in [2.75, 3.05) is 7.11 Å². The third-order valence-corrected chi connectivity index (χ3v) is 3.66. The monoisotopic (exact) mass is 282 g/mol. The molecule has 1 saturated carbocycles. The second-order valence-corrected chi connectivity index (χ2v) is 5.18. The Labute approximate surface area is 118 Å². The summed E-state index contributed by atoms with van der Waals surface area (Å²) < 4.78 is 5.08. The lowest BCUT2D eigenvalue weighted by atomic mass is 10.2. The summed E-state index contributed by atoms with van der Waals surface area (Å²) >= 11 is 6.03. The molecule has 0 atom stereocenters. The summed E-state index contributed by atoms with van der Waals surface area (Å²) in [6, 6.07) is 5.71. The van der Waals surface area contributed by atoms with Gasteiger partial charge >= 0.3 is 6.03 Å². The molecule has 0 unspecified atom stereocenters. The average molecular weight is 283 g/mol. The lowest BCUT2D eigenvalue weighted by Gasteiger charge is -2.13. The summed E-state index contributed by atoms with van der Waals surface area (Å²) in [6.45, 7) is 0.461. The molecule has 1 aliphatic rings. The number of halogens is 1. The number of methoxy groups -OCH3 is 1. The van der Waals surface area contributed by atoms with E-state index in [0.717, 1.165) is 18.4 Å². The second-order valence-electron chi connectivity index (χ2n) is 4.78. The fraction of sp³-hybridized carbons (Fsp3) is 0.500. The van der Waals surface area contributed by atoms with E-state index >= 15 is 0 Å². The van der Waals surface area contributed by atoms with Gasteiger partial charge in [-0.05, 0) is 30.5 Å². The zero-order valence-corrected chi connectivity index (χ0v) is 11.8. The Balaban J connectivity index is 1.81. The predicted molar refractivity (Wildman–Crippen MR) is 75.6 cm³/mol. The summed E-state index contributed by atoms with van der Waals surface area (Å²) in [5.74, 6) is 0.640. The standard InChI is InChI=1S/C14H19ClN2O2/c1-19-13-7-6-10(8-12(13)15)9-16-14(18)17-11-4-2-3-5-11/h6-8,11H,2-5,9H2,1H3,(H2,16,17,18). The van der Waals surface area contributed by atoms with Crippen molar-refractivity contribution in [3.63, 3.8) is 0 Å². The SMILES string of the molecule is COc1ccc(CNC(=O)NC2CCCC2)cc1Cl. The van der Waals surface area contributed by atoms with Crippen molar-refractivity contribution in [3.05, 3.63) is 28.8 Å². The van der Waals surface area contributed by atoms with E-state index in [-0.39, 0.29) is 6.03 Å². The van der Waals surface area contributed by atoms with E-state index in [2.05, 4.69) is 10.6 Å². The average Bonchev–Trinajstić information content (AvgIpc) is 2.89. The van der Waals surface area contributed by atoms with Crippen LogP contribution in [0.15, 0.2) is 18.2 Å². The number of carbonyl (C=O) groups excluding carboxylic acids is 1.